The van der Waals surface area contributed by atoms with Crippen LogP contribution in [0.1, 0.15) is 59.8 Å². The van der Waals surface area contributed by atoms with Crippen LogP contribution in [0.5, 0.6) is 0 Å². The number of esters is 1. The quantitative estimate of drug-likeness (QED) is 0.557. The highest BCUT2D eigenvalue weighted by Crippen LogP contribution is 2.29. The summed E-state index contributed by atoms with van der Waals surface area (Å²) in [6.07, 6.45) is 7.19. The van der Waals surface area contributed by atoms with Gasteiger partial charge in [-0.25, -0.2) is 9.78 Å². The van der Waals surface area contributed by atoms with Crippen molar-refractivity contribution in [1.82, 2.24) is 9.55 Å². The zero-order chi connectivity index (χ0) is 22.7. The number of ether oxygens (including phenoxy) is 1. The Hall–Kier alpha value is -3.00. The van der Waals surface area contributed by atoms with Crippen LogP contribution in [0.25, 0.3) is 10.2 Å². The highest BCUT2D eigenvalue weighted by atomic mass is 32.1. The molecule has 1 fully saturated rings. The topological polar surface area (TPSA) is 90.3 Å². The molecule has 0 radical (unpaired) electrons. The SMILES string of the molecule is CCc1ccccc1NC(=O)Cn1cnc2sc(C(=O)OC3CCCCC3)c(C)c2c1=O. The molecule has 0 spiro atoms. The molecular weight excluding hydrogens is 426 g/mol. The molecule has 4 rings (SSSR count). The van der Waals surface area contributed by atoms with Crippen molar-refractivity contribution in [3.05, 3.63) is 57.0 Å². The van der Waals surface area contributed by atoms with E-state index in [0.29, 0.717) is 20.7 Å². The van der Waals surface area contributed by atoms with Crippen LogP contribution in [-0.2, 0) is 22.5 Å². The number of nitrogens with zero attached hydrogens (tertiary/aromatic N) is 2. The number of fused-ring (bicyclic) bond motifs is 1. The molecule has 168 valence electrons. The highest BCUT2D eigenvalue weighted by Gasteiger charge is 2.24. The third-order valence-electron chi connectivity index (χ3n) is 5.91. The fourth-order valence-corrected chi connectivity index (χ4v) is 5.17. The molecule has 1 aliphatic carbocycles. The summed E-state index contributed by atoms with van der Waals surface area (Å²) in [6, 6.07) is 7.58. The molecule has 3 aromatic rings. The van der Waals surface area contributed by atoms with Gasteiger partial charge in [-0.3, -0.25) is 14.2 Å². The molecule has 2 aromatic heterocycles. The van der Waals surface area contributed by atoms with Crippen molar-refractivity contribution in [2.24, 2.45) is 0 Å². The van der Waals surface area contributed by atoms with Gasteiger partial charge in [0.25, 0.3) is 5.56 Å². The van der Waals surface area contributed by atoms with Crippen LogP contribution in [0, 0.1) is 6.92 Å². The van der Waals surface area contributed by atoms with E-state index in [1.807, 2.05) is 31.2 Å². The number of benzene rings is 1. The van der Waals surface area contributed by atoms with E-state index in [-0.39, 0.29) is 24.1 Å². The number of thiophene rings is 1. The van der Waals surface area contributed by atoms with Gasteiger partial charge in [-0.05, 0) is 56.2 Å². The van der Waals surface area contributed by atoms with Crippen LogP contribution in [0.15, 0.2) is 35.4 Å². The zero-order valence-electron chi connectivity index (χ0n) is 18.3. The number of carbonyl (C=O) groups excluding carboxylic acids is 2. The summed E-state index contributed by atoms with van der Waals surface area (Å²) in [4.78, 5) is 43.6. The van der Waals surface area contributed by atoms with E-state index in [2.05, 4.69) is 10.3 Å². The van der Waals surface area contributed by atoms with Gasteiger partial charge in [0.1, 0.15) is 22.4 Å². The molecule has 2 heterocycles. The predicted molar refractivity (Wildman–Crippen MR) is 125 cm³/mol. The lowest BCUT2D eigenvalue weighted by Gasteiger charge is -2.21. The Balaban J connectivity index is 1.54. The van der Waals surface area contributed by atoms with E-state index in [9.17, 15) is 14.4 Å². The van der Waals surface area contributed by atoms with Gasteiger partial charge < -0.3 is 10.1 Å². The van der Waals surface area contributed by atoms with Crippen LogP contribution < -0.4 is 10.9 Å². The Bertz CT molecular complexity index is 1210. The van der Waals surface area contributed by atoms with E-state index in [1.54, 1.807) is 6.92 Å². The molecule has 0 saturated heterocycles. The Kier molecular flexibility index (Phi) is 6.69. The second-order valence-electron chi connectivity index (χ2n) is 8.14. The van der Waals surface area contributed by atoms with E-state index < -0.39 is 5.97 Å². The third-order valence-corrected chi connectivity index (χ3v) is 7.09. The van der Waals surface area contributed by atoms with E-state index in [1.165, 1.54) is 28.7 Å². The maximum atomic E-state index is 13.1. The second kappa shape index (κ2) is 9.65. The lowest BCUT2D eigenvalue weighted by atomic mass is 9.98. The van der Waals surface area contributed by atoms with Crippen molar-refractivity contribution in [2.45, 2.75) is 65.0 Å². The first-order valence-electron chi connectivity index (χ1n) is 11.0. The minimum Gasteiger partial charge on any atom is -0.458 e. The van der Waals surface area contributed by atoms with Crippen molar-refractivity contribution >= 4 is 39.1 Å². The molecule has 1 aromatic carbocycles. The molecule has 0 bridgehead atoms. The number of rotatable bonds is 6. The van der Waals surface area contributed by atoms with Gasteiger partial charge in [-0.2, -0.15) is 0 Å². The number of para-hydroxylation sites is 1. The van der Waals surface area contributed by atoms with Crippen molar-refractivity contribution < 1.29 is 14.3 Å². The summed E-state index contributed by atoms with van der Waals surface area (Å²) in [6.45, 7) is 3.60. The first-order valence-corrected chi connectivity index (χ1v) is 11.9. The number of anilines is 1. The fraction of sp³-hybridized carbons (Fsp3) is 0.417. The predicted octanol–water partition coefficient (Wildman–Crippen LogP) is 4.46. The fourth-order valence-electron chi connectivity index (χ4n) is 4.15. The minimum absolute atomic E-state index is 0.0554. The summed E-state index contributed by atoms with van der Waals surface area (Å²) in [5.74, 6) is -0.698. The molecule has 1 amide bonds. The minimum atomic E-state index is -0.391. The molecule has 7 nitrogen and oxygen atoms in total. The Morgan fingerprint density at radius 3 is 2.72 bits per heavy atom. The molecule has 0 aliphatic heterocycles. The van der Waals surface area contributed by atoms with E-state index in [4.69, 9.17) is 4.74 Å². The number of nitrogens with one attached hydrogen (secondary N) is 1. The average Bonchev–Trinajstić information content (AvgIpc) is 3.14. The second-order valence-corrected chi connectivity index (χ2v) is 9.14. The number of hydrogen-bond acceptors (Lipinski definition) is 6. The van der Waals surface area contributed by atoms with Gasteiger partial charge in [-0.1, -0.05) is 31.5 Å². The van der Waals surface area contributed by atoms with Gasteiger partial charge in [0.05, 0.1) is 11.7 Å². The molecule has 1 N–H and O–H groups in total. The first-order chi connectivity index (χ1) is 15.5. The van der Waals surface area contributed by atoms with Crippen molar-refractivity contribution in [1.29, 1.82) is 0 Å². The standard InChI is InChI=1S/C24H27N3O4S/c1-3-16-9-7-8-12-18(16)26-19(28)13-27-14-25-22-20(23(27)29)15(2)21(32-22)24(30)31-17-10-5-4-6-11-17/h7-9,12,14,17H,3-6,10-11,13H2,1-2H3,(H,26,28). The molecule has 32 heavy (non-hydrogen) atoms. The van der Waals surface area contributed by atoms with E-state index in [0.717, 1.165) is 43.4 Å². The molecule has 0 atom stereocenters. The lowest BCUT2D eigenvalue weighted by Crippen LogP contribution is -2.28. The van der Waals surface area contributed by atoms with Crippen molar-refractivity contribution in [2.75, 3.05) is 5.32 Å². The van der Waals surface area contributed by atoms with Gasteiger partial charge in [0.2, 0.25) is 5.91 Å². The Morgan fingerprint density at radius 1 is 1.22 bits per heavy atom. The smallest absolute Gasteiger partial charge is 0.348 e. The van der Waals surface area contributed by atoms with E-state index >= 15 is 0 Å². The summed E-state index contributed by atoms with van der Waals surface area (Å²) in [5, 5.41) is 3.24. The van der Waals surface area contributed by atoms with Crippen molar-refractivity contribution in [3.63, 3.8) is 0 Å². The zero-order valence-corrected chi connectivity index (χ0v) is 19.2. The maximum Gasteiger partial charge on any atom is 0.348 e. The summed E-state index contributed by atoms with van der Waals surface area (Å²) < 4.78 is 6.96. The normalized spacial score (nSPS) is 14.4. The first kappa shape index (κ1) is 22.2. The van der Waals surface area contributed by atoms with Gasteiger partial charge >= 0.3 is 5.97 Å². The van der Waals surface area contributed by atoms with Crippen LogP contribution in [0.2, 0.25) is 0 Å². The number of hydrogen-bond donors (Lipinski definition) is 1. The van der Waals surface area contributed by atoms with Crippen LogP contribution in [-0.4, -0.2) is 27.5 Å². The average molecular weight is 454 g/mol. The number of carbonyl (C=O) groups is 2. The molecule has 8 heteroatoms. The lowest BCUT2D eigenvalue weighted by molar-refractivity contribution is -0.116. The molecule has 0 unspecified atom stereocenters. The third kappa shape index (κ3) is 4.60. The molecule has 1 aliphatic rings. The van der Waals surface area contributed by atoms with Crippen LogP contribution in [0.4, 0.5) is 5.69 Å². The van der Waals surface area contributed by atoms with Crippen LogP contribution >= 0.6 is 11.3 Å². The molecular formula is C24H27N3O4S. The van der Waals surface area contributed by atoms with Gasteiger partial charge in [-0.15, -0.1) is 11.3 Å². The summed E-state index contributed by atoms with van der Waals surface area (Å²) in [5.41, 5.74) is 1.99. The van der Waals surface area contributed by atoms with Crippen molar-refractivity contribution in [3.8, 4) is 0 Å². The largest absolute Gasteiger partial charge is 0.458 e. The number of aryl methyl sites for hydroxylation is 2. The van der Waals surface area contributed by atoms with Gasteiger partial charge in [0.15, 0.2) is 0 Å². The van der Waals surface area contributed by atoms with Crippen LogP contribution in [0.3, 0.4) is 0 Å². The number of aromatic nitrogens is 2. The number of amides is 1. The molecule has 1 saturated carbocycles. The maximum absolute atomic E-state index is 13.1. The highest BCUT2D eigenvalue weighted by molar-refractivity contribution is 7.20. The van der Waals surface area contributed by atoms with Gasteiger partial charge in [0, 0.05) is 5.69 Å². The monoisotopic (exact) mass is 453 g/mol. The Morgan fingerprint density at radius 2 is 1.97 bits per heavy atom. The summed E-state index contributed by atoms with van der Waals surface area (Å²) >= 11 is 1.17. The Labute approximate surface area is 190 Å². The summed E-state index contributed by atoms with van der Waals surface area (Å²) in [7, 11) is 0.